The fraction of sp³-hybridized carbons (Fsp3) is 0.737. The Balaban J connectivity index is 1.41. The number of aryl methyl sites for hydroxylation is 1. The molecule has 136 valence electrons. The molecule has 2 aliphatic heterocycles. The molecule has 6 nitrogen and oxygen atoms in total. The number of rotatable bonds is 4. The van der Waals surface area contributed by atoms with Crippen LogP contribution < -0.4 is 0 Å². The maximum atomic E-state index is 13.1. The Morgan fingerprint density at radius 1 is 1.28 bits per heavy atom. The third kappa shape index (κ3) is 3.07. The molecule has 3 fully saturated rings. The maximum absolute atomic E-state index is 13.1. The number of carbonyl (C=O) groups is 2. The number of carbonyl (C=O) groups excluding carboxylic acids is 2. The molecule has 2 saturated heterocycles. The molecule has 6 heteroatoms. The summed E-state index contributed by atoms with van der Waals surface area (Å²) in [6.07, 6.45) is 7.09. The highest BCUT2D eigenvalue weighted by Gasteiger charge is 2.49. The van der Waals surface area contributed by atoms with Crippen molar-refractivity contribution in [1.29, 1.82) is 0 Å². The van der Waals surface area contributed by atoms with Crippen LogP contribution in [0.4, 0.5) is 0 Å². The minimum absolute atomic E-state index is 0.101. The molecule has 3 heterocycles. The Morgan fingerprint density at radius 3 is 2.76 bits per heavy atom. The second kappa shape index (κ2) is 6.15. The summed E-state index contributed by atoms with van der Waals surface area (Å²) in [5.41, 5.74) is 1.68. The first-order valence-corrected chi connectivity index (χ1v) is 9.54. The van der Waals surface area contributed by atoms with E-state index >= 15 is 0 Å². The Hall–Kier alpha value is -1.85. The van der Waals surface area contributed by atoms with Gasteiger partial charge in [-0.25, -0.2) is 4.98 Å². The second-order valence-corrected chi connectivity index (χ2v) is 8.19. The lowest BCUT2D eigenvalue weighted by Crippen LogP contribution is -2.51. The van der Waals surface area contributed by atoms with Crippen LogP contribution in [0.5, 0.6) is 0 Å². The van der Waals surface area contributed by atoms with Gasteiger partial charge in [0.05, 0.1) is 17.4 Å². The van der Waals surface area contributed by atoms with Crippen molar-refractivity contribution in [2.75, 3.05) is 26.2 Å². The Labute approximate surface area is 149 Å². The van der Waals surface area contributed by atoms with Crippen LogP contribution in [0.1, 0.15) is 43.5 Å². The van der Waals surface area contributed by atoms with Crippen molar-refractivity contribution in [3.8, 4) is 0 Å². The fourth-order valence-electron chi connectivity index (χ4n) is 4.35. The number of piperidine rings is 1. The molecule has 1 unspecified atom stereocenters. The molecule has 4 rings (SSSR count). The summed E-state index contributed by atoms with van der Waals surface area (Å²) in [7, 11) is 0. The van der Waals surface area contributed by atoms with Gasteiger partial charge in [-0.05, 0) is 51.9 Å². The molecule has 1 atom stereocenters. The first kappa shape index (κ1) is 16.6. The van der Waals surface area contributed by atoms with Crippen molar-refractivity contribution in [3.05, 3.63) is 17.7 Å². The number of hydrogen-bond acceptors (Lipinski definition) is 3. The third-order valence-corrected chi connectivity index (χ3v) is 6.36. The Morgan fingerprint density at radius 2 is 2.08 bits per heavy atom. The van der Waals surface area contributed by atoms with E-state index < -0.39 is 0 Å². The van der Waals surface area contributed by atoms with Gasteiger partial charge in [0.1, 0.15) is 6.54 Å². The van der Waals surface area contributed by atoms with Gasteiger partial charge in [0.2, 0.25) is 11.8 Å². The maximum Gasteiger partial charge on any atom is 0.242 e. The van der Waals surface area contributed by atoms with Crippen molar-refractivity contribution in [2.45, 2.75) is 52.5 Å². The molecule has 0 bridgehead atoms. The summed E-state index contributed by atoms with van der Waals surface area (Å²) >= 11 is 0. The highest BCUT2D eigenvalue weighted by atomic mass is 16.2. The number of amides is 2. The molecule has 0 radical (unpaired) electrons. The minimum Gasteiger partial charge on any atom is -0.342 e. The lowest BCUT2D eigenvalue weighted by atomic mass is 9.78. The van der Waals surface area contributed by atoms with E-state index in [1.54, 1.807) is 6.33 Å². The highest BCUT2D eigenvalue weighted by molar-refractivity contribution is 5.86. The molecule has 1 aromatic rings. The zero-order valence-corrected chi connectivity index (χ0v) is 15.3. The predicted octanol–water partition coefficient (Wildman–Crippen LogP) is 1.75. The van der Waals surface area contributed by atoms with Crippen molar-refractivity contribution >= 4 is 11.8 Å². The van der Waals surface area contributed by atoms with Gasteiger partial charge in [0.25, 0.3) is 0 Å². The summed E-state index contributed by atoms with van der Waals surface area (Å²) < 4.78 is 1.91. The van der Waals surface area contributed by atoms with E-state index in [4.69, 9.17) is 0 Å². The molecule has 25 heavy (non-hydrogen) atoms. The van der Waals surface area contributed by atoms with E-state index in [1.165, 1.54) is 12.8 Å². The van der Waals surface area contributed by atoms with E-state index in [0.29, 0.717) is 25.5 Å². The zero-order chi connectivity index (χ0) is 17.6. The molecule has 0 N–H and O–H groups in total. The zero-order valence-electron chi connectivity index (χ0n) is 15.3. The fourth-order valence-corrected chi connectivity index (χ4v) is 4.35. The number of imidazole rings is 1. The summed E-state index contributed by atoms with van der Waals surface area (Å²) in [6.45, 7) is 7.40. The smallest absolute Gasteiger partial charge is 0.242 e. The topological polar surface area (TPSA) is 58.4 Å². The lowest BCUT2D eigenvalue weighted by molar-refractivity contribution is -0.146. The first-order chi connectivity index (χ1) is 12.0. The van der Waals surface area contributed by atoms with E-state index in [-0.39, 0.29) is 11.3 Å². The molecule has 1 aromatic heterocycles. The lowest BCUT2D eigenvalue weighted by Gasteiger charge is -2.39. The van der Waals surface area contributed by atoms with Crippen LogP contribution in [-0.4, -0.2) is 57.3 Å². The summed E-state index contributed by atoms with van der Waals surface area (Å²) in [4.78, 5) is 34.0. The van der Waals surface area contributed by atoms with Crippen molar-refractivity contribution in [1.82, 2.24) is 19.4 Å². The monoisotopic (exact) mass is 344 g/mol. The molecular weight excluding hydrogens is 316 g/mol. The molecule has 3 aliphatic rings. The summed E-state index contributed by atoms with van der Waals surface area (Å²) in [6, 6.07) is 0. The molecule has 2 amide bonds. The third-order valence-electron chi connectivity index (χ3n) is 6.36. The number of likely N-dealkylation sites (tertiary alicyclic amines) is 2. The quantitative estimate of drug-likeness (QED) is 0.836. The molecule has 1 saturated carbocycles. The van der Waals surface area contributed by atoms with Crippen LogP contribution in [0.15, 0.2) is 6.33 Å². The van der Waals surface area contributed by atoms with Gasteiger partial charge in [-0.1, -0.05) is 0 Å². The molecule has 0 aromatic carbocycles. The van der Waals surface area contributed by atoms with Gasteiger partial charge in [0, 0.05) is 31.9 Å². The normalized spacial score (nSPS) is 26.7. The van der Waals surface area contributed by atoms with Crippen LogP contribution in [0.25, 0.3) is 0 Å². The van der Waals surface area contributed by atoms with Crippen LogP contribution in [0, 0.1) is 25.2 Å². The molecular formula is C19H28N4O2. The molecule has 1 spiro atoms. The van der Waals surface area contributed by atoms with Gasteiger partial charge < -0.3 is 14.4 Å². The highest BCUT2D eigenvalue weighted by Crippen LogP contribution is 2.41. The van der Waals surface area contributed by atoms with E-state index in [9.17, 15) is 9.59 Å². The van der Waals surface area contributed by atoms with Crippen molar-refractivity contribution < 1.29 is 9.59 Å². The van der Waals surface area contributed by atoms with Crippen LogP contribution in [0.2, 0.25) is 0 Å². The van der Waals surface area contributed by atoms with E-state index in [0.717, 1.165) is 49.7 Å². The SMILES string of the molecule is Cc1ncn(CC(=O)N2CCC3(CCCN(CC4CC4)C3=O)C2)c1C. The largest absolute Gasteiger partial charge is 0.342 e. The van der Waals surface area contributed by atoms with E-state index in [2.05, 4.69) is 9.88 Å². The number of nitrogens with zero attached hydrogens (tertiary/aromatic N) is 4. The van der Waals surface area contributed by atoms with Crippen LogP contribution in [0.3, 0.4) is 0 Å². The van der Waals surface area contributed by atoms with Gasteiger partial charge in [-0.15, -0.1) is 0 Å². The summed E-state index contributed by atoms with van der Waals surface area (Å²) in [5.74, 6) is 1.13. The molecule has 1 aliphatic carbocycles. The van der Waals surface area contributed by atoms with Crippen molar-refractivity contribution in [2.24, 2.45) is 11.3 Å². The Kier molecular flexibility index (Phi) is 4.08. The average Bonchev–Trinajstić information content (AvgIpc) is 3.23. The minimum atomic E-state index is -0.317. The number of aromatic nitrogens is 2. The van der Waals surface area contributed by atoms with Gasteiger partial charge in [-0.2, -0.15) is 0 Å². The standard InChI is InChI=1S/C19H28N4O2/c1-14-15(2)23(13-20-14)11-17(24)22-9-7-19(12-22)6-3-8-21(18(19)25)10-16-4-5-16/h13,16H,3-12H2,1-2H3. The first-order valence-electron chi connectivity index (χ1n) is 9.54. The average molecular weight is 344 g/mol. The predicted molar refractivity (Wildman–Crippen MR) is 93.9 cm³/mol. The Bertz CT molecular complexity index is 694. The van der Waals surface area contributed by atoms with Crippen molar-refractivity contribution in [3.63, 3.8) is 0 Å². The van der Waals surface area contributed by atoms with E-state index in [1.807, 2.05) is 23.3 Å². The number of hydrogen-bond donors (Lipinski definition) is 0. The van der Waals surface area contributed by atoms with Gasteiger partial charge in [-0.3, -0.25) is 9.59 Å². The second-order valence-electron chi connectivity index (χ2n) is 8.19. The van der Waals surface area contributed by atoms with Gasteiger partial charge in [0.15, 0.2) is 0 Å². The summed E-state index contributed by atoms with van der Waals surface area (Å²) in [5, 5.41) is 0. The van der Waals surface area contributed by atoms with Crippen LogP contribution in [-0.2, 0) is 16.1 Å². The van der Waals surface area contributed by atoms with Gasteiger partial charge >= 0.3 is 0 Å². The van der Waals surface area contributed by atoms with Crippen LogP contribution >= 0.6 is 0 Å².